The molecule has 1 aromatic carbocycles. The number of nitrogens with zero attached hydrogens (tertiary/aromatic N) is 4. The molecule has 4 rings (SSSR count). The first kappa shape index (κ1) is 17.9. The lowest BCUT2D eigenvalue weighted by Crippen LogP contribution is -2.35. The zero-order valence-electron chi connectivity index (χ0n) is 15.2. The molecule has 0 N–H and O–H groups in total. The number of fused-ring (bicyclic) bond motifs is 1. The van der Waals surface area contributed by atoms with E-state index in [1.165, 1.54) is 25.7 Å². The largest absolute Gasteiger partial charge is 0.350 e. The van der Waals surface area contributed by atoms with Crippen molar-refractivity contribution in [1.29, 1.82) is 0 Å². The zero-order valence-corrected chi connectivity index (χ0v) is 16.0. The van der Waals surface area contributed by atoms with E-state index in [1.807, 2.05) is 31.2 Å². The molecule has 0 saturated carbocycles. The van der Waals surface area contributed by atoms with Crippen LogP contribution in [0.15, 0.2) is 52.3 Å². The number of hydrogen-bond acceptors (Lipinski definition) is 4. The summed E-state index contributed by atoms with van der Waals surface area (Å²) in [6, 6.07) is 11.0. The molecule has 0 unspecified atom stereocenters. The van der Waals surface area contributed by atoms with Gasteiger partial charge in [0.1, 0.15) is 0 Å². The summed E-state index contributed by atoms with van der Waals surface area (Å²) in [5.41, 5.74) is 2.17. The third kappa shape index (κ3) is 3.42. The average Bonchev–Trinajstić information content (AvgIpc) is 2.98. The summed E-state index contributed by atoms with van der Waals surface area (Å²) in [6.45, 7) is 3.40. The van der Waals surface area contributed by atoms with Crippen molar-refractivity contribution in [2.24, 2.45) is 0 Å². The van der Waals surface area contributed by atoms with Gasteiger partial charge in [-0.3, -0.25) is 0 Å². The minimum atomic E-state index is -3.59. The van der Waals surface area contributed by atoms with Gasteiger partial charge in [0.15, 0.2) is 5.65 Å². The first-order valence-electron chi connectivity index (χ1n) is 9.10. The van der Waals surface area contributed by atoms with Gasteiger partial charge in [-0.15, -0.1) is 5.10 Å². The quantitative estimate of drug-likeness (QED) is 0.687. The second kappa shape index (κ2) is 6.94. The van der Waals surface area contributed by atoms with E-state index >= 15 is 0 Å². The summed E-state index contributed by atoms with van der Waals surface area (Å²) in [6.07, 6.45) is 4.18. The van der Waals surface area contributed by atoms with E-state index in [0.717, 1.165) is 30.4 Å². The van der Waals surface area contributed by atoms with Crippen molar-refractivity contribution in [1.82, 2.24) is 18.5 Å². The molecule has 0 atom stereocenters. The lowest BCUT2D eigenvalue weighted by atomic mass is 10.1. The molecule has 1 saturated heterocycles. The molecule has 27 heavy (non-hydrogen) atoms. The van der Waals surface area contributed by atoms with Gasteiger partial charge in [0, 0.05) is 19.3 Å². The summed E-state index contributed by atoms with van der Waals surface area (Å²) >= 11 is 0. The predicted molar refractivity (Wildman–Crippen MR) is 102 cm³/mol. The molecule has 1 aliphatic rings. The molecular weight excluding hydrogens is 364 g/mol. The number of hydrogen-bond donors (Lipinski definition) is 0. The molecule has 3 heterocycles. The van der Waals surface area contributed by atoms with Gasteiger partial charge >= 0.3 is 5.69 Å². The number of aromatic nitrogens is 3. The minimum absolute atomic E-state index is 0.133. The van der Waals surface area contributed by atoms with Gasteiger partial charge in [-0.25, -0.2) is 22.3 Å². The molecule has 142 valence electrons. The molecule has 2 aromatic heterocycles. The Morgan fingerprint density at radius 3 is 2.59 bits per heavy atom. The van der Waals surface area contributed by atoms with Gasteiger partial charge in [0.2, 0.25) is 10.0 Å². The maximum atomic E-state index is 12.9. The summed E-state index contributed by atoms with van der Waals surface area (Å²) in [7, 11) is -3.59. The number of aryl methyl sites for hydroxylation is 1. The van der Waals surface area contributed by atoms with Crippen LogP contribution in [0.4, 0.5) is 0 Å². The van der Waals surface area contributed by atoms with Crippen molar-refractivity contribution >= 4 is 15.7 Å². The highest BCUT2D eigenvalue weighted by Crippen LogP contribution is 2.20. The highest BCUT2D eigenvalue weighted by Gasteiger charge is 2.26. The van der Waals surface area contributed by atoms with E-state index in [2.05, 4.69) is 5.10 Å². The summed E-state index contributed by atoms with van der Waals surface area (Å²) in [5, 5.41) is 4.33. The second-order valence-electron chi connectivity index (χ2n) is 6.99. The molecule has 7 nitrogen and oxygen atoms in total. The Bertz CT molecular complexity index is 1140. The Balaban J connectivity index is 1.70. The Morgan fingerprint density at radius 1 is 1.07 bits per heavy atom. The first-order chi connectivity index (χ1) is 12.9. The van der Waals surface area contributed by atoms with Gasteiger partial charge in [-0.1, -0.05) is 36.2 Å². The summed E-state index contributed by atoms with van der Waals surface area (Å²) < 4.78 is 29.9. The first-order valence-corrected chi connectivity index (χ1v) is 10.5. The van der Waals surface area contributed by atoms with Crippen molar-refractivity contribution in [3.63, 3.8) is 0 Å². The molecule has 0 radical (unpaired) electrons. The van der Waals surface area contributed by atoms with Gasteiger partial charge in [-0.2, -0.15) is 4.31 Å². The van der Waals surface area contributed by atoms with Crippen LogP contribution in [0.5, 0.6) is 0 Å². The number of sulfonamides is 1. The van der Waals surface area contributed by atoms with Crippen LogP contribution >= 0.6 is 0 Å². The molecule has 0 spiro atoms. The van der Waals surface area contributed by atoms with E-state index in [9.17, 15) is 13.2 Å². The molecule has 1 fully saturated rings. The number of piperidine rings is 1. The van der Waals surface area contributed by atoms with E-state index < -0.39 is 10.0 Å². The van der Waals surface area contributed by atoms with Crippen LogP contribution in [0.25, 0.3) is 5.65 Å². The molecule has 1 aliphatic heterocycles. The Labute approximate surface area is 157 Å². The Kier molecular flexibility index (Phi) is 4.61. The van der Waals surface area contributed by atoms with Crippen molar-refractivity contribution in [2.75, 3.05) is 13.1 Å². The van der Waals surface area contributed by atoms with Crippen LogP contribution in [-0.2, 0) is 16.6 Å². The fourth-order valence-corrected chi connectivity index (χ4v) is 5.01. The maximum Gasteiger partial charge on any atom is 0.350 e. The van der Waals surface area contributed by atoms with E-state index in [-0.39, 0.29) is 10.6 Å². The van der Waals surface area contributed by atoms with Gasteiger partial charge in [0.05, 0.1) is 11.4 Å². The molecule has 3 aromatic rings. The minimum Gasteiger partial charge on any atom is -0.249 e. The standard InChI is InChI=1S/C19H22N4O3S/c1-15-6-5-7-16(12-15)13-23-19(24)22-14-17(8-9-18(22)20-23)27(25,26)21-10-3-2-4-11-21/h5-9,12,14H,2-4,10-11,13H2,1H3. The molecule has 0 aliphatic carbocycles. The van der Waals surface area contributed by atoms with Gasteiger partial charge < -0.3 is 0 Å². The van der Waals surface area contributed by atoms with Crippen molar-refractivity contribution < 1.29 is 8.42 Å². The third-order valence-corrected chi connectivity index (χ3v) is 6.80. The number of pyridine rings is 1. The van der Waals surface area contributed by atoms with Crippen LogP contribution in [0, 0.1) is 6.92 Å². The molecule has 0 bridgehead atoms. The smallest absolute Gasteiger partial charge is 0.249 e. The maximum absolute atomic E-state index is 12.9. The van der Waals surface area contributed by atoms with Crippen LogP contribution in [0.1, 0.15) is 30.4 Å². The van der Waals surface area contributed by atoms with Crippen LogP contribution in [-0.4, -0.2) is 40.0 Å². The van der Waals surface area contributed by atoms with Crippen LogP contribution in [0.3, 0.4) is 0 Å². The SMILES string of the molecule is Cc1cccc(Cn2nc3ccc(S(=O)(=O)N4CCCCC4)cn3c2=O)c1. The fourth-order valence-electron chi connectivity index (χ4n) is 3.49. The van der Waals surface area contributed by atoms with Gasteiger partial charge in [-0.05, 0) is 37.5 Å². The van der Waals surface area contributed by atoms with Crippen molar-refractivity contribution in [2.45, 2.75) is 37.6 Å². The molecule has 0 amide bonds. The van der Waals surface area contributed by atoms with E-state index in [0.29, 0.717) is 25.3 Å². The molecule has 8 heteroatoms. The van der Waals surface area contributed by atoms with Crippen molar-refractivity contribution in [3.05, 3.63) is 64.2 Å². The van der Waals surface area contributed by atoms with Crippen LogP contribution < -0.4 is 5.69 Å². The monoisotopic (exact) mass is 386 g/mol. The fraction of sp³-hybridized carbons (Fsp3) is 0.368. The van der Waals surface area contributed by atoms with E-state index in [4.69, 9.17) is 0 Å². The topological polar surface area (TPSA) is 76.7 Å². The highest BCUT2D eigenvalue weighted by molar-refractivity contribution is 7.89. The molecular formula is C19H22N4O3S. The second-order valence-corrected chi connectivity index (χ2v) is 8.92. The normalized spacial score (nSPS) is 16.0. The highest BCUT2D eigenvalue weighted by atomic mass is 32.2. The number of benzene rings is 1. The summed E-state index contributed by atoms with van der Waals surface area (Å²) in [4.78, 5) is 12.9. The third-order valence-electron chi connectivity index (χ3n) is 4.92. The van der Waals surface area contributed by atoms with E-state index in [1.54, 1.807) is 6.07 Å². The number of rotatable bonds is 4. The zero-order chi connectivity index (χ0) is 19.0. The average molecular weight is 386 g/mol. The lowest BCUT2D eigenvalue weighted by molar-refractivity contribution is 0.346. The van der Waals surface area contributed by atoms with Crippen LogP contribution in [0.2, 0.25) is 0 Å². The Hall–Kier alpha value is -2.45. The van der Waals surface area contributed by atoms with Gasteiger partial charge in [0.25, 0.3) is 0 Å². The lowest BCUT2D eigenvalue weighted by Gasteiger charge is -2.25. The Morgan fingerprint density at radius 2 is 1.85 bits per heavy atom. The predicted octanol–water partition coefficient (Wildman–Crippen LogP) is 2.03. The summed E-state index contributed by atoms with van der Waals surface area (Å²) in [5.74, 6) is 0. The van der Waals surface area contributed by atoms with Crippen molar-refractivity contribution in [3.8, 4) is 0 Å².